The fourth-order valence-corrected chi connectivity index (χ4v) is 2.94. The molecule has 0 amide bonds. The summed E-state index contributed by atoms with van der Waals surface area (Å²) in [6.45, 7) is 1.14. The van der Waals surface area contributed by atoms with Gasteiger partial charge in [0.2, 0.25) is 0 Å². The van der Waals surface area contributed by atoms with Crippen molar-refractivity contribution in [3.05, 3.63) is 29.6 Å². The summed E-state index contributed by atoms with van der Waals surface area (Å²) in [7, 11) is 0. The second-order valence-electron chi connectivity index (χ2n) is 5.61. The minimum atomic E-state index is -4.52. The largest absolute Gasteiger partial charge is 0.416 e. The molecular formula is C15H20F4N2. The lowest BCUT2D eigenvalue weighted by atomic mass is 9.79. The van der Waals surface area contributed by atoms with E-state index in [1.54, 1.807) is 0 Å². The molecule has 1 aliphatic rings. The fraction of sp³-hybridized carbons (Fsp3) is 0.600. The molecular weight excluding hydrogens is 284 g/mol. The first-order valence-corrected chi connectivity index (χ1v) is 7.22. The van der Waals surface area contributed by atoms with Crippen LogP contribution in [0.1, 0.15) is 31.2 Å². The average molecular weight is 304 g/mol. The Hall–Kier alpha value is -1.30. The first-order chi connectivity index (χ1) is 9.91. The lowest BCUT2D eigenvalue weighted by molar-refractivity contribution is -0.137. The van der Waals surface area contributed by atoms with E-state index in [4.69, 9.17) is 5.73 Å². The first kappa shape index (κ1) is 16.1. The van der Waals surface area contributed by atoms with E-state index < -0.39 is 17.6 Å². The fourth-order valence-electron chi connectivity index (χ4n) is 2.94. The van der Waals surface area contributed by atoms with Gasteiger partial charge in [-0.3, -0.25) is 0 Å². The molecule has 1 saturated carbocycles. The lowest BCUT2D eigenvalue weighted by Crippen LogP contribution is -2.31. The molecule has 21 heavy (non-hydrogen) atoms. The quantitative estimate of drug-likeness (QED) is 0.825. The number of nitrogens with one attached hydrogen (secondary N) is 1. The van der Waals surface area contributed by atoms with E-state index in [2.05, 4.69) is 5.32 Å². The normalized spacial score (nSPS) is 23.1. The number of benzene rings is 1. The van der Waals surface area contributed by atoms with Crippen LogP contribution in [0.4, 0.5) is 23.2 Å². The monoisotopic (exact) mass is 304 g/mol. The van der Waals surface area contributed by atoms with Gasteiger partial charge in [0.05, 0.1) is 11.3 Å². The smallest absolute Gasteiger partial charge is 0.382 e. The second-order valence-corrected chi connectivity index (χ2v) is 5.61. The van der Waals surface area contributed by atoms with Gasteiger partial charge in [0.15, 0.2) is 0 Å². The summed E-state index contributed by atoms with van der Waals surface area (Å²) in [5.41, 5.74) is 4.88. The van der Waals surface area contributed by atoms with E-state index in [1.807, 2.05) is 0 Å². The maximum atomic E-state index is 13.7. The summed E-state index contributed by atoms with van der Waals surface area (Å²) in [6.07, 6.45) is -0.145. The van der Waals surface area contributed by atoms with Crippen LogP contribution in [0.25, 0.3) is 0 Å². The van der Waals surface area contributed by atoms with Gasteiger partial charge in [-0.05, 0) is 49.4 Å². The third-order valence-electron chi connectivity index (χ3n) is 4.22. The molecule has 1 aromatic rings. The Labute approximate surface area is 121 Å². The predicted octanol–water partition coefficient (Wildman–Crippen LogP) is 4.02. The van der Waals surface area contributed by atoms with Crippen molar-refractivity contribution in [1.29, 1.82) is 0 Å². The van der Waals surface area contributed by atoms with E-state index in [0.29, 0.717) is 31.0 Å². The minimum absolute atomic E-state index is 0.115. The summed E-state index contributed by atoms with van der Waals surface area (Å²) in [4.78, 5) is 0. The van der Waals surface area contributed by atoms with E-state index in [1.165, 1.54) is 0 Å². The van der Waals surface area contributed by atoms with Crippen molar-refractivity contribution in [2.75, 3.05) is 18.4 Å². The van der Waals surface area contributed by atoms with Crippen molar-refractivity contribution >= 4 is 5.69 Å². The topological polar surface area (TPSA) is 38.0 Å². The maximum Gasteiger partial charge on any atom is 0.416 e. The number of halogens is 4. The third kappa shape index (κ3) is 4.09. The van der Waals surface area contributed by atoms with Crippen molar-refractivity contribution in [2.24, 2.45) is 17.6 Å². The lowest BCUT2D eigenvalue weighted by Gasteiger charge is -2.31. The number of anilines is 1. The van der Waals surface area contributed by atoms with Gasteiger partial charge in [-0.15, -0.1) is 0 Å². The zero-order valence-electron chi connectivity index (χ0n) is 11.7. The highest BCUT2D eigenvalue weighted by Crippen LogP contribution is 2.32. The van der Waals surface area contributed by atoms with Gasteiger partial charge in [-0.2, -0.15) is 13.2 Å². The van der Waals surface area contributed by atoms with Crippen LogP contribution >= 0.6 is 0 Å². The Morgan fingerprint density at radius 1 is 1.14 bits per heavy atom. The molecule has 2 nitrogen and oxygen atoms in total. The summed E-state index contributed by atoms with van der Waals surface area (Å²) in [5, 5.41) is 2.93. The Kier molecular flexibility index (Phi) is 5.08. The molecule has 1 aliphatic carbocycles. The molecule has 2 atom stereocenters. The summed E-state index contributed by atoms with van der Waals surface area (Å²) in [6, 6.07) is 2.58. The second kappa shape index (κ2) is 6.64. The molecule has 3 N–H and O–H groups in total. The highest BCUT2D eigenvalue weighted by molar-refractivity contribution is 5.46. The number of hydrogen-bond acceptors (Lipinski definition) is 2. The van der Waals surface area contributed by atoms with Crippen LogP contribution in [-0.2, 0) is 6.18 Å². The van der Waals surface area contributed by atoms with Crippen LogP contribution in [-0.4, -0.2) is 13.1 Å². The van der Waals surface area contributed by atoms with Crippen molar-refractivity contribution < 1.29 is 17.6 Å². The van der Waals surface area contributed by atoms with Gasteiger partial charge in [0.1, 0.15) is 5.82 Å². The molecule has 2 rings (SSSR count). The number of rotatable bonds is 4. The molecule has 2 unspecified atom stereocenters. The van der Waals surface area contributed by atoms with Crippen molar-refractivity contribution in [1.82, 2.24) is 0 Å². The molecule has 6 heteroatoms. The molecule has 0 bridgehead atoms. The Morgan fingerprint density at radius 2 is 1.81 bits per heavy atom. The summed E-state index contributed by atoms with van der Waals surface area (Å²) in [5.74, 6) is -0.112. The average Bonchev–Trinajstić information content (AvgIpc) is 2.45. The number of alkyl halides is 3. The van der Waals surface area contributed by atoms with Gasteiger partial charge >= 0.3 is 6.18 Å². The minimum Gasteiger partial charge on any atom is -0.382 e. The molecule has 118 valence electrons. The Morgan fingerprint density at radius 3 is 2.38 bits per heavy atom. The van der Waals surface area contributed by atoms with Gasteiger partial charge in [0, 0.05) is 6.54 Å². The van der Waals surface area contributed by atoms with Gasteiger partial charge in [-0.1, -0.05) is 12.8 Å². The maximum absolute atomic E-state index is 13.7. The van der Waals surface area contributed by atoms with Crippen molar-refractivity contribution in [3.63, 3.8) is 0 Å². The molecule has 0 saturated heterocycles. The summed E-state index contributed by atoms with van der Waals surface area (Å²) >= 11 is 0. The third-order valence-corrected chi connectivity index (χ3v) is 4.22. The van der Waals surface area contributed by atoms with Gasteiger partial charge in [0.25, 0.3) is 0 Å². The van der Waals surface area contributed by atoms with E-state index in [-0.39, 0.29) is 5.69 Å². The van der Waals surface area contributed by atoms with Crippen LogP contribution in [0.5, 0.6) is 0 Å². The number of nitrogens with two attached hydrogens (primary N) is 1. The van der Waals surface area contributed by atoms with Crippen LogP contribution in [0.15, 0.2) is 18.2 Å². The standard InChI is InChI=1S/C15H20F4N2/c16-13-7-12(15(17,18)19)5-6-14(13)21-9-11-4-2-1-3-10(11)8-20/h5-7,10-11,21H,1-4,8-9,20H2. The molecule has 0 aliphatic heterocycles. The highest BCUT2D eigenvalue weighted by atomic mass is 19.4. The van der Waals surface area contributed by atoms with E-state index in [0.717, 1.165) is 37.8 Å². The number of hydrogen-bond donors (Lipinski definition) is 2. The molecule has 0 aromatic heterocycles. The van der Waals surface area contributed by atoms with Crippen molar-refractivity contribution in [3.8, 4) is 0 Å². The summed E-state index contributed by atoms with van der Waals surface area (Å²) < 4.78 is 51.1. The van der Waals surface area contributed by atoms with Crippen molar-refractivity contribution in [2.45, 2.75) is 31.9 Å². The van der Waals surface area contributed by atoms with Crippen LogP contribution in [0.2, 0.25) is 0 Å². The Balaban J connectivity index is 2.00. The van der Waals surface area contributed by atoms with Crippen LogP contribution < -0.4 is 11.1 Å². The zero-order valence-corrected chi connectivity index (χ0v) is 11.7. The predicted molar refractivity (Wildman–Crippen MR) is 74.4 cm³/mol. The van der Waals surface area contributed by atoms with E-state index in [9.17, 15) is 17.6 Å². The Bertz CT molecular complexity index is 473. The molecule has 0 heterocycles. The van der Waals surface area contributed by atoms with E-state index >= 15 is 0 Å². The highest BCUT2D eigenvalue weighted by Gasteiger charge is 2.31. The molecule has 1 fully saturated rings. The zero-order chi connectivity index (χ0) is 15.5. The van der Waals surface area contributed by atoms with Crippen LogP contribution in [0.3, 0.4) is 0 Å². The van der Waals surface area contributed by atoms with Crippen LogP contribution in [0, 0.1) is 17.7 Å². The first-order valence-electron chi connectivity index (χ1n) is 7.22. The van der Waals surface area contributed by atoms with Gasteiger partial charge < -0.3 is 11.1 Å². The SMILES string of the molecule is NCC1CCCCC1CNc1ccc(C(F)(F)F)cc1F. The molecule has 1 aromatic carbocycles. The molecule has 0 spiro atoms. The van der Waals surface area contributed by atoms with Gasteiger partial charge in [-0.25, -0.2) is 4.39 Å². The molecule has 0 radical (unpaired) electrons.